The Morgan fingerprint density at radius 1 is 1.45 bits per heavy atom. The Balaban J connectivity index is 2.61. The number of hydrogen-bond acceptors (Lipinski definition) is 4. The van der Waals surface area contributed by atoms with Gasteiger partial charge in [-0.3, -0.25) is 0 Å². The molecule has 0 saturated heterocycles. The Labute approximate surface area is 122 Å². The van der Waals surface area contributed by atoms with Gasteiger partial charge in [0.25, 0.3) is 10.2 Å². The second-order valence-corrected chi connectivity index (χ2v) is 7.69. The number of carboxylic acid groups (broad SMARTS) is 1. The second kappa shape index (κ2) is 6.49. The summed E-state index contributed by atoms with van der Waals surface area (Å²) >= 11 is 1.36. The summed E-state index contributed by atoms with van der Waals surface area (Å²) in [6.45, 7) is 5.43. The lowest BCUT2D eigenvalue weighted by Gasteiger charge is -2.20. The molecule has 0 fully saturated rings. The van der Waals surface area contributed by atoms with Crippen LogP contribution in [0.2, 0.25) is 0 Å². The average molecular weight is 318 g/mol. The lowest BCUT2D eigenvalue weighted by Crippen LogP contribution is -2.46. The van der Waals surface area contributed by atoms with Gasteiger partial charge in [0.1, 0.15) is 0 Å². The Hall–Kier alpha value is -1.22. The van der Waals surface area contributed by atoms with Crippen LogP contribution in [-0.4, -0.2) is 25.0 Å². The highest BCUT2D eigenvalue weighted by Gasteiger charge is 2.19. The number of aliphatic carboxylic acids is 1. The maximum atomic E-state index is 11.7. The average Bonchev–Trinajstić information content (AvgIpc) is 2.68. The van der Waals surface area contributed by atoms with Crippen molar-refractivity contribution in [1.82, 2.24) is 9.44 Å². The molecule has 3 N–H and O–H groups in total. The second-order valence-electron chi connectivity index (χ2n) is 5.19. The van der Waals surface area contributed by atoms with Crippen molar-refractivity contribution in [2.75, 3.05) is 0 Å². The smallest absolute Gasteiger partial charge is 0.328 e. The summed E-state index contributed by atoms with van der Waals surface area (Å²) in [6, 6.07) is 1.74. The minimum atomic E-state index is -3.56. The molecule has 1 aromatic heterocycles. The molecular formula is C12H18N2O4S2. The van der Waals surface area contributed by atoms with Gasteiger partial charge in [-0.25, -0.2) is 4.79 Å². The van der Waals surface area contributed by atoms with E-state index in [4.69, 9.17) is 5.11 Å². The largest absolute Gasteiger partial charge is 0.478 e. The Morgan fingerprint density at radius 2 is 2.10 bits per heavy atom. The fourth-order valence-electron chi connectivity index (χ4n) is 1.35. The van der Waals surface area contributed by atoms with Crippen LogP contribution in [0.15, 0.2) is 17.5 Å². The van der Waals surface area contributed by atoms with Crippen LogP contribution in [0.1, 0.15) is 31.2 Å². The van der Waals surface area contributed by atoms with E-state index in [1.807, 2.05) is 0 Å². The van der Waals surface area contributed by atoms with Gasteiger partial charge >= 0.3 is 5.97 Å². The molecule has 0 aliphatic heterocycles. The van der Waals surface area contributed by atoms with E-state index in [1.54, 1.807) is 32.2 Å². The molecule has 0 atom stereocenters. The highest BCUT2D eigenvalue weighted by atomic mass is 32.2. The van der Waals surface area contributed by atoms with Crippen LogP contribution >= 0.6 is 11.3 Å². The summed E-state index contributed by atoms with van der Waals surface area (Å²) in [5, 5.41) is 10.3. The van der Waals surface area contributed by atoms with Gasteiger partial charge in [-0.15, -0.1) is 11.3 Å². The van der Waals surface area contributed by atoms with Crippen LogP contribution in [0.5, 0.6) is 0 Å². The van der Waals surface area contributed by atoms with Gasteiger partial charge in [0.15, 0.2) is 0 Å². The van der Waals surface area contributed by atoms with E-state index in [0.717, 1.165) is 16.5 Å². The van der Waals surface area contributed by atoms with Gasteiger partial charge in [0.05, 0.1) is 0 Å². The van der Waals surface area contributed by atoms with Crippen molar-refractivity contribution in [3.8, 4) is 0 Å². The highest BCUT2D eigenvalue weighted by molar-refractivity contribution is 7.87. The van der Waals surface area contributed by atoms with Crippen LogP contribution in [-0.2, 0) is 21.5 Å². The van der Waals surface area contributed by atoms with Crippen LogP contribution in [0.3, 0.4) is 0 Å². The molecule has 0 radical (unpaired) electrons. The third kappa shape index (κ3) is 6.80. The molecule has 6 nitrogen and oxygen atoms in total. The topological polar surface area (TPSA) is 95.5 Å². The van der Waals surface area contributed by atoms with Crippen molar-refractivity contribution < 1.29 is 18.3 Å². The van der Waals surface area contributed by atoms with Crippen LogP contribution in [0.4, 0.5) is 0 Å². The number of hydrogen-bond donors (Lipinski definition) is 3. The molecule has 0 amide bonds. The lowest BCUT2D eigenvalue weighted by atomic mass is 10.1. The van der Waals surface area contributed by atoms with Gasteiger partial charge in [0.2, 0.25) is 0 Å². The van der Waals surface area contributed by atoms with Crippen molar-refractivity contribution in [3.63, 3.8) is 0 Å². The van der Waals surface area contributed by atoms with Crippen molar-refractivity contribution >= 4 is 33.6 Å². The van der Waals surface area contributed by atoms with Crippen LogP contribution < -0.4 is 9.44 Å². The van der Waals surface area contributed by atoms with E-state index < -0.39 is 21.7 Å². The Kier molecular flexibility index (Phi) is 5.46. The molecular weight excluding hydrogens is 300 g/mol. The third-order valence-corrected chi connectivity index (χ3v) is 4.33. The summed E-state index contributed by atoms with van der Waals surface area (Å²) in [7, 11) is -3.56. The molecule has 20 heavy (non-hydrogen) atoms. The number of carbonyl (C=O) groups is 1. The van der Waals surface area contributed by atoms with Gasteiger partial charge < -0.3 is 5.11 Å². The van der Waals surface area contributed by atoms with Crippen molar-refractivity contribution in [2.45, 2.75) is 32.9 Å². The minimum absolute atomic E-state index is 0.164. The van der Waals surface area contributed by atoms with Gasteiger partial charge in [0, 0.05) is 23.0 Å². The number of carboxylic acids is 1. The molecule has 0 aromatic carbocycles. The van der Waals surface area contributed by atoms with Crippen LogP contribution in [0, 0.1) is 0 Å². The maximum absolute atomic E-state index is 11.7. The van der Waals surface area contributed by atoms with E-state index in [1.165, 1.54) is 17.4 Å². The third-order valence-electron chi connectivity index (χ3n) is 1.97. The van der Waals surface area contributed by atoms with Crippen LogP contribution in [0.25, 0.3) is 6.08 Å². The summed E-state index contributed by atoms with van der Waals surface area (Å²) in [5.74, 6) is -1.02. The molecule has 0 aliphatic carbocycles. The van der Waals surface area contributed by atoms with E-state index in [9.17, 15) is 13.2 Å². The van der Waals surface area contributed by atoms with E-state index in [-0.39, 0.29) is 6.54 Å². The summed E-state index contributed by atoms with van der Waals surface area (Å²) < 4.78 is 28.4. The minimum Gasteiger partial charge on any atom is -0.478 e. The van der Waals surface area contributed by atoms with Crippen molar-refractivity contribution in [2.24, 2.45) is 0 Å². The van der Waals surface area contributed by atoms with E-state index in [0.29, 0.717) is 0 Å². The SMILES string of the molecule is CC(C)(C)NS(=O)(=O)NCc1cc(/C=C/C(=O)O)cs1. The standard InChI is InChI=1S/C12H18N2O4S2/c1-12(2,3)14-20(17,18)13-7-10-6-9(8-19-10)4-5-11(15)16/h4-6,8,13-14H,7H2,1-3H3,(H,15,16)/b5-4+. The number of thiophene rings is 1. The quantitative estimate of drug-likeness (QED) is 0.694. The molecule has 1 aromatic rings. The molecule has 1 heterocycles. The van der Waals surface area contributed by atoms with Crippen molar-refractivity contribution in [3.05, 3.63) is 28.0 Å². The van der Waals surface area contributed by atoms with Gasteiger partial charge in [-0.1, -0.05) is 0 Å². The molecule has 8 heteroatoms. The molecule has 0 aliphatic rings. The molecule has 0 spiro atoms. The first-order valence-electron chi connectivity index (χ1n) is 5.84. The normalized spacial score (nSPS) is 12.9. The Morgan fingerprint density at radius 3 is 2.65 bits per heavy atom. The van der Waals surface area contributed by atoms with E-state index in [2.05, 4.69) is 9.44 Å². The summed E-state index contributed by atoms with van der Waals surface area (Å²) in [5.41, 5.74) is 0.187. The number of nitrogens with one attached hydrogen (secondary N) is 2. The lowest BCUT2D eigenvalue weighted by molar-refractivity contribution is -0.131. The van der Waals surface area contributed by atoms with Crippen molar-refractivity contribution in [1.29, 1.82) is 0 Å². The molecule has 0 unspecified atom stereocenters. The predicted octanol–water partition coefficient (Wildman–Crippen LogP) is 1.57. The molecule has 1 rings (SSSR count). The zero-order chi connectivity index (χ0) is 15.4. The molecule has 112 valence electrons. The summed E-state index contributed by atoms with van der Waals surface area (Å²) in [6.07, 6.45) is 2.50. The molecule has 0 bridgehead atoms. The van der Waals surface area contributed by atoms with E-state index >= 15 is 0 Å². The summed E-state index contributed by atoms with van der Waals surface area (Å²) in [4.78, 5) is 11.2. The zero-order valence-electron chi connectivity index (χ0n) is 11.5. The van der Waals surface area contributed by atoms with Gasteiger partial charge in [-0.05, 0) is 43.9 Å². The number of rotatable bonds is 6. The first-order chi connectivity index (χ1) is 9.07. The fraction of sp³-hybridized carbons (Fsp3) is 0.417. The predicted molar refractivity (Wildman–Crippen MR) is 79.6 cm³/mol. The first-order valence-corrected chi connectivity index (χ1v) is 8.21. The maximum Gasteiger partial charge on any atom is 0.328 e. The van der Waals surface area contributed by atoms with Gasteiger partial charge in [-0.2, -0.15) is 17.9 Å². The molecule has 0 saturated carbocycles. The fourth-order valence-corrected chi connectivity index (χ4v) is 3.46. The Bertz CT molecular complexity index is 597. The zero-order valence-corrected chi connectivity index (χ0v) is 13.1. The highest BCUT2D eigenvalue weighted by Crippen LogP contribution is 2.16. The first kappa shape index (κ1) is 16.8. The monoisotopic (exact) mass is 318 g/mol.